The van der Waals surface area contributed by atoms with E-state index in [1.807, 2.05) is 24.3 Å². The molecule has 1 aromatic carbocycles. The molecular weight excluding hydrogens is 236 g/mol. The van der Waals surface area contributed by atoms with E-state index in [0.29, 0.717) is 0 Å². The topological polar surface area (TPSA) is 18.5 Å². The van der Waals surface area contributed by atoms with Gasteiger partial charge in [0.2, 0.25) is 0 Å². The summed E-state index contributed by atoms with van der Waals surface area (Å²) in [6.45, 7) is 8.23. The van der Waals surface area contributed by atoms with Crippen molar-refractivity contribution < 1.29 is 9.47 Å². The van der Waals surface area contributed by atoms with Crippen molar-refractivity contribution in [3.8, 4) is 11.5 Å². The van der Waals surface area contributed by atoms with Crippen LogP contribution in [0.1, 0.15) is 52.9 Å². The second kappa shape index (κ2) is 9.71. The first-order valence-electron chi connectivity index (χ1n) is 7.58. The lowest BCUT2D eigenvalue weighted by atomic mass is 10.1. The van der Waals surface area contributed by atoms with Gasteiger partial charge < -0.3 is 9.47 Å². The van der Waals surface area contributed by atoms with E-state index in [1.165, 1.54) is 19.3 Å². The van der Waals surface area contributed by atoms with Crippen LogP contribution >= 0.6 is 0 Å². The summed E-state index contributed by atoms with van der Waals surface area (Å²) in [5.74, 6) is 2.50. The van der Waals surface area contributed by atoms with Gasteiger partial charge in [-0.05, 0) is 37.3 Å². The van der Waals surface area contributed by atoms with Gasteiger partial charge in [0.15, 0.2) is 11.5 Å². The zero-order chi connectivity index (χ0) is 13.9. The first-order valence-corrected chi connectivity index (χ1v) is 7.58. The van der Waals surface area contributed by atoms with E-state index in [-0.39, 0.29) is 0 Å². The molecule has 0 aliphatic carbocycles. The standard InChI is InChI=1S/C17H28O2/c1-4-5-8-13-18-16-11-6-7-12-17(16)19-14-9-10-15(2)3/h6-7,11-12,15H,4-5,8-10,13-14H2,1-3H3. The van der Waals surface area contributed by atoms with E-state index in [2.05, 4.69) is 20.8 Å². The van der Waals surface area contributed by atoms with Gasteiger partial charge in [0.05, 0.1) is 13.2 Å². The van der Waals surface area contributed by atoms with Crippen molar-refractivity contribution >= 4 is 0 Å². The minimum absolute atomic E-state index is 0.740. The van der Waals surface area contributed by atoms with Crippen LogP contribution in [-0.4, -0.2) is 13.2 Å². The van der Waals surface area contributed by atoms with Gasteiger partial charge >= 0.3 is 0 Å². The minimum Gasteiger partial charge on any atom is -0.490 e. The Hall–Kier alpha value is -1.18. The predicted octanol–water partition coefficient (Wildman–Crippen LogP) is 5.07. The lowest BCUT2D eigenvalue weighted by Crippen LogP contribution is -2.03. The molecule has 0 radical (unpaired) electrons. The summed E-state index contributed by atoms with van der Waals surface area (Å²) in [4.78, 5) is 0. The lowest BCUT2D eigenvalue weighted by Gasteiger charge is -2.13. The molecule has 0 unspecified atom stereocenters. The van der Waals surface area contributed by atoms with Gasteiger partial charge in [-0.15, -0.1) is 0 Å². The summed E-state index contributed by atoms with van der Waals surface area (Å²) >= 11 is 0. The predicted molar refractivity (Wildman–Crippen MR) is 81.0 cm³/mol. The third-order valence-corrected chi connectivity index (χ3v) is 3.04. The highest BCUT2D eigenvalue weighted by molar-refractivity contribution is 5.39. The second-order valence-corrected chi connectivity index (χ2v) is 5.39. The Morgan fingerprint density at radius 3 is 2.00 bits per heavy atom. The highest BCUT2D eigenvalue weighted by Crippen LogP contribution is 2.27. The van der Waals surface area contributed by atoms with Gasteiger partial charge in [0.25, 0.3) is 0 Å². The van der Waals surface area contributed by atoms with Crippen molar-refractivity contribution in [2.75, 3.05) is 13.2 Å². The summed E-state index contributed by atoms with van der Waals surface area (Å²) in [5.41, 5.74) is 0. The molecule has 0 heterocycles. The molecule has 0 spiro atoms. The molecule has 0 fully saturated rings. The molecule has 0 bridgehead atoms. The Balaban J connectivity index is 2.35. The first-order chi connectivity index (χ1) is 9.24. The second-order valence-electron chi connectivity index (χ2n) is 5.39. The summed E-state index contributed by atoms with van der Waals surface area (Å²) in [6, 6.07) is 7.97. The zero-order valence-electron chi connectivity index (χ0n) is 12.7. The molecule has 1 aromatic rings. The zero-order valence-corrected chi connectivity index (χ0v) is 12.7. The third kappa shape index (κ3) is 7.09. The smallest absolute Gasteiger partial charge is 0.161 e. The van der Waals surface area contributed by atoms with Crippen LogP contribution in [0.4, 0.5) is 0 Å². The van der Waals surface area contributed by atoms with Crippen molar-refractivity contribution in [1.82, 2.24) is 0 Å². The molecule has 2 nitrogen and oxygen atoms in total. The van der Waals surface area contributed by atoms with Crippen LogP contribution in [0.5, 0.6) is 11.5 Å². The van der Waals surface area contributed by atoms with E-state index in [0.717, 1.165) is 43.5 Å². The average molecular weight is 264 g/mol. The largest absolute Gasteiger partial charge is 0.490 e. The Labute approximate surface area is 118 Å². The number of hydrogen-bond donors (Lipinski definition) is 0. The molecule has 0 N–H and O–H groups in total. The SMILES string of the molecule is CCCCCOc1ccccc1OCCCC(C)C. The number of benzene rings is 1. The molecule has 2 heteroatoms. The molecule has 0 saturated carbocycles. The number of hydrogen-bond acceptors (Lipinski definition) is 2. The third-order valence-electron chi connectivity index (χ3n) is 3.04. The maximum Gasteiger partial charge on any atom is 0.161 e. The number of rotatable bonds is 10. The van der Waals surface area contributed by atoms with E-state index in [4.69, 9.17) is 9.47 Å². The van der Waals surface area contributed by atoms with Crippen molar-refractivity contribution in [2.45, 2.75) is 52.9 Å². The van der Waals surface area contributed by atoms with Crippen molar-refractivity contribution in [2.24, 2.45) is 5.92 Å². The van der Waals surface area contributed by atoms with Crippen molar-refractivity contribution in [3.63, 3.8) is 0 Å². The fraction of sp³-hybridized carbons (Fsp3) is 0.647. The Kier molecular flexibility index (Phi) is 8.11. The van der Waals surface area contributed by atoms with Crippen LogP contribution in [0.2, 0.25) is 0 Å². The van der Waals surface area contributed by atoms with Gasteiger partial charge in [-0.25, -0.2) is 0 Å². The van der Waals surface area contributed by atoms with Crippen LogP contribution in [-0.2, 0) is 0 Å². The molecule has 0 aromatic heterocycles. The van der Waals surface area contributed by atoms with Crippen molar-refractivity contribution in [1.29, 1.82) is 0 Å². The van der Waals surface area contributed by atoms with Crippen LogP contribution in [0.3, 0.4) is 0 Å². The molecule has 0 atom stereocenters. The molecular formula is C17H28O2. The quantitative estimate of drug-likeness (QED) is 0.549. The molecule has 0 aliphatic heterocycles. The van der Waals surface area contributed by atoms with Gasteiger partial charge in [-0.1, -0.05) is 45.7 Å². The maximum absolute atomic E-state index is 5.82. The fourth-order valence-corrected chi connectivity index (χ4v) is 1.90. The highest BCUT2D eigenvalue weighted by atomic mass is 16.5. The van der Waals surface area contributed by atoms with Crippen LogP contribution in [0.25, 0.3) is 0 Å². The molecule has 108 valence electrons. The summed E-state index contributed by atoms with van der Waals surface area (Å²) < 4.78 is 11.6. The Morgan fingerprint density at radius 1 is 0.895 bits per heavy atom. The number of unbranched alkanes of at least 4 members (excludes halogenated alkanes) is 2. The molecule has 0 saturated heterocycles. The fourth-order valence-electron chi connectivity index (χ4n) is 1.90. The van der Waals surface area contributed by atoms with Crippen molar-refractivity contribution in [3.05, 3.63) is 24.3 Å². The summed E-state index contributed by atoms with van der Waals surface area (Å²) in [5, 5.41) is 0. The molecule has 0 amide bonds. The van der Waals surface area contributed by atoms with Crippen LogP contribution in [0.15, 0.2) is 24.3 Å². The van der Waals surface area contributed by atoms with Gasteiger partial charge in [0.1, 0.15) is 0 Å². The minimum atomic E-state index is 0.740. The highest BCUT2D eigenvalue weighted by Gasteiger charge is 2.04. The molecule has 19 heavy (non-hydrogen) atoms. The summed E-state index contributed by atoms with van der Waals surface area (Å²) in [6.07, 6.45) is 5.85. The van der Waals surface area contributed by atoms with Crippen LogP contribution < -0.4 is 9.47 Å². The Bertz CT molecular complexity index is 334. The maximum atomic E-state index is 5.82. The Morgan fingerprint density at radius 2 is 1.47 bits per heavy atom. The van der Waals surface area contributed by atoms with E-state index in [1.54, 1.807) is 0 Å². The van der Waals surface area contributed by atoms with E-state index < -0.39 is 0 Å². The van der Waals surface area contributed by atoms with Gasteiger partial charge in [-0.3, -0.25) is 0 Å². The molecule has 0 aliphatic rings. The van der Waals surface area contributed by atoms with Gasteiger partial charge in [0, 0.05) is 0 Å². The van der Waals surface area contributed by atoms with Gasteiger partial charge in [-0.2, -0.15) is 0 Å². The number of ether oxygens (including phenoxy) is 2. The average Bonchev–Trinajstić information content (AvgIpc) is 2.41. The molecule has 1 rings (SSSR count). The first kappa shape index (κ1) is 15.9. The monoisotopic (exact) mass is 264 g/mol. The lowest BCUT2D eigenvalue weighted by molar-refractivity contribution is 0.256. The van der Waals surface area contributed by atoms with E-state index >= 15 is 0 Å². The van der Waals surface area contributed by atoms with Crippen LogP contribution in [0, 0.1) is 5.92 Å². The summed E-state index contributed by atoms with van der Waals surface area (Å²) in [7, 11) is 0. The van der Waals surface area contributed by atoms with E-state index in [9.17, 15) is 0 Å². The normalized spacial score (nSPS) is 10.7. The number of para-hydroxylation sites is 2.